The fraction of sp³-hybridized carbons (Fsp3) is 1.00. The Kier molecular flexibility index (Phi) is 39.8. The van der Waals surface area contributed by atoms with Crippen LogP contribution in [0, 0.1) is 58.7 Å². The van der Waals surface area contributed by atoms with Gasteiger partial charge in [0.25, 0.3) is 0 Å². The SMILES string of the molecule is CC(C)C(C)C(F)(F)F.CC(C)CC1CC1.CCC(CC)C(C)C.CCCC(C)C.COCC(C)(C)C(C)C.COCCC(C)C. The summed E-state index contributed by atoms with van der Waals surface area (Å²) in [6, 6.07) is 0. The van der Waals surface area contributed by atoms with Crippen molar-refractivity contribution in [3.05, 3.63) is 0 Å². The predicted molar refractivity (Wildman–Crippen MR) is 203 cm³/mol. The zero-order chi connectivity index (χ0) is 37.7. The van der Waals surface area contributed by atoms with Gasteiger partial charge in [0, 0.05) is 20.8 Å². The van der Waals surface area contributed by atoms with Crippen LogP contribution in [0.25, 0.3) is 0 Å². The second-order valence-electron chi connectivity index (χ2n) is 16.4. The predicted octanol–water partition coefficient (Wildman–Crippen LogP) is 14.8. The van der Waals surface area contributed by atoms with Gasteiger partial charge in [-0.15, -0.1) is 0 Å². The minimum atomic E-state index is -4.02. The molecule has 0 radical (unpaired) electrons. The first-order valence-electron chi connectivity index (χ1n) is 19.0. The molecule has 1 unspecified atom stereocenters. The lowest BCUT2D eigenvalue weighted by molar-refractivity contribution is -0.180. The molecule has 1 aliphatic rings. The van der Waals surface area contributed by atoms with E-state index in [0.717, 1.165) is 48.7 Å². The summed E-state index contributed by atoms with van der Waals surface area (Å²) in [4.78, 5) is 0. The van der Waals surface area contributed by atoms with Crippen molar-refractivity contribution in [1.82, 2.24) is 0 Å². The van der Waals surface area contributed by atoms with Gasteiger partial charge in [0.1, 0.15) is 0 Å². The molecule has 0 aromatic heterocycles. The van der Waals surface area contributed by atoms with Crippen LogP contribution in [0.1, 0.15) is 176 Å². The van der Waals surface area contributed by atoms with Crippen LogP contribution in [-0.2, 0) is 9.47 Å². The van der Waals surface area contributed by atoms with Crippen LogP contribution >= 0.6 is 0 Å². The van der Waals surface area contributed by atoms with Crippen molar-refractivity contribution in [3.63, 3.8) is 0 Å². The second kappa shape index (κ2) is 33.2. The zero-order valence-electron chi connectivity index (χ0n) is 35.2. The van der Waals surface area contributed by atoms with Gasteiger partial charge in [-0.25, -0.2) is 0 Å². The lowest BCUT2D eigenvalue weighted by Gasteiger charge is -2.27. The molecule has 0 aromatic carbocycles. The molecule has 5 heteroatoms. The van der Waals surface area contributed by atoms with Crippen molar-refractivity contribution < 1.29 is 22.6 Å². The van der Waals surface area contributed by atoms with E-state index in [-0.39, 0.29) is 5.92 Å². The summed E-state index contributed by atoms with van der Waals surface area (Å²) in [5.74, 6) is 4.77. The molecule has 1 saturated carbocycles. The molecule has 2 nitrogen and oxygen atoms in total. The van der Waals surface area contributed by atoms with E-state index in [1.807, 2.05) is 0 Å². The highest BCUT2D eigenvalue weighted by atomic mass is 19.4. The van der Waals surface area contributed by atoms with E-state index < -0.39 is 12.1 Å². The Morgan fingerprint density at radius 1 is 0.630 bits per heavy atom. The van der Waals surface area contributed by atoms with Crippen LogP contribution in [0.3, 0.4) is 0 Å². The highest BCUT2D eigenvalue weighted by molar-refractivity contribution is 4.73. The van der Waals surface area contributed by atoms with Crippen LogP contribution in [0.15, 0.2) is 0 Å². The molecule has 286 valence electrons. The Morgan fingerprint density at radius 2 is 1.07 bits per heavy atom. The van der Waals surface area contributed by atoms with Gasteiger partial charge in [0.2, 0.25) is 0 Å². The van der Waals surface area contributed by atoms with Gasteiger partial charge < -0.3 is 9.47 Å². The maximum absolute atomic E-state index is 11.7. The van der Waals surface area contributed by atoms with Gasteiger partial charge in [-0.1, -0.05) is 163 Å². The van der Waals surface area contributed by atoms with Crippen molar-refractivity contribution in [3.8, 4) is 0 Å². The Morgan fingerprint density at radius 3 is 1.13 bits per heavy atom. The molecule has 0 saturated heterocycles. The lowest BCUT2D eigenvalue weighted by Crippen LogP contribution is -2.24. The first-order chi connectivity index (χ1) is 20.9. The van der Waals surface area contributed by atoms with Gasteiger partial charge in [0.15, 0.2) is 0 Å². The number of halogens is 3. The molecule has 1 rings (SSSR count). The third-order valence-corrected chi connectivity index (χ3v) is 8.85. The highest BCUT2D eigenvalue weighted by Crippen LogP contribution is 2.35. The number of alkyl halides is 3. The number of ether oxygens (including phenoxy) is 2. The quantitative estimate of drug-likeness (QED) is 0.183. The largest absolute Gasteiger partial charge is 0.391 e. The molecular weight excluding hydrogens is 581 g/mol. The van der Waals surface area contributed by atoms with Crippen LogP contribution in [-0.4, -0.2) is 33.6 Å². The molecule has 0 bridgehead atoms. The van der Waals surface area contributed by atoms with Crippen molar-refractivity contribution in [2.45, 2.75) is 182 Å². The van der Waals surface area contributed by atoms with Crippen molar-refractivity contribution in [2.75, 3.05) is 27.4 Å². The number of hydrogen-bond donors (Lipinski definition) is 0. The van der Waals surface area contributed by atoms with E-state index >= 15 is 0 Å². The van der Waals surface area contributed by atoms with Gasteiger partial charge in [-0.05, 0) is 65.6 Å². The first kappa shape index (κ1) is 55.1. The van der Waals surface area contributed by atoms with Crippen LogP contribution in [0.5, 0.6) is 0 Å². The second-order valence-corrected chi connectivity index (χ2v) is 16.4. The zero-order valence-corrected chi connectivity index (χ0v) is 35.2. The minimum absolute atomic E-state index is 0.315. The average Bonchev–Trinajstić information content (AvgIpc) is 3.72. The molecule has 1 atom stereocenters. The third-order valence-electron chi connectivity index (χ3n) is 8.85. The smallest absolute Gasteiger partial charge is 0.385 e. The molecule has 0 spiro atoms. The Bertz CT molecular complexity index is 573. The van der Waals surface area contributed by atoms with Gasteiger partial charge in [0.05, 0.1) is 12.5 Å². The maximum Gasteiger partial charge on any atom is 0.391 e. The monoisotopic (exact) mass is 671 g/mol. The molecule has 46 heavy (non-hydrogen) atoms. The molecule has 1 aliphatic carbocycles. The first-order valence-corrected chi connectivity index (χ1v) is 19.0. The number of methoxy groups -OCH3 is 2. The highest BCUT2D eigenvalue weighted by Gasteiger charge is 2.37. The topological polar surface area (TPSA) is 18.5 Å². The van der Waals surface area contributed by atoms with Gasteiger partial charge in [-0.3, -0.25) is 0 Å². The van der Waals surface area contributed by atoms with Gasteiger partial charge >= 0.3 is 6.18 Å². The van der Waals surface area contributed by atoms with E-state index in [0.29, 0.717) is 11.3 Å². The summed E-state index contributed by atoms with van der Waals surface area (Å²) in [7, 11) is 3.49. The summed E-state index contributed by atoms with van der Waals surface area (Å²) >= 11 is 0. The number of rotatable bonds is 14. The van der Waals surface area contributed by atoms with Crippen molar-refractivity contribution in [1.29, 1.82) is 0 Å². The summed E-state index contributed by atoms with van der Waals surface area (Å²) in [5, 5.41) is 0. The minimum Gasteiger partial charge on any atom is -0.385 e. The number of hydrogen-bond acceptors (Lipinski definition) is 2. The van der Waals surface area contributed by atoms with Crippen molar-refractivity contribution in [2.24, 2.45) is 58.7 Å². The van der Waals surface area contributed by atoms with Gasteiger partial charge in [-0.2, -0.15) is 13.2 Å². The molecule has 0 aliphatic heterocycles. The van der Waals surface area contributed by atoms with E-state index in [9.17, 15) is 13.2 Å². The summed E-state index contributed by atoms with van der Waals surface area (Å²) in [6.45, 7) is 39.9. The molecule has 0 heterocycles. The summed E-state index contributed by atoms with van der Waals surface area (Å²) in [5.41, 5.74) is 0.328. The van der Waals surface area contributed by atoms with Crippen LogP contribution < -0.4 is 0 Å². The normalized spacial score (nSPS) is 13.7. The lowest BCUT2D eigenvalue weighted by atomic mass is 9.82. The Hall–Kier alpha value is -0.290. The Labute approximate surface area is 290 Å². The van der Waals surface area contributed by atoms with E-state index in [1.54, 1.807) is 28.1 Å². The van der Waals surface area contributed by atoms with E-state index in [4.69, 9.17) is 9.47 Å². The Balaban J connectivity index is -0.000000147. The van der Waals surface area contributed by atoms with E-state index in [1.165, 1.54) is 58.3 Å². The maximum atomic E-state index is 11.7. The fourth-order valence-electron chi connectivity index (χ4n) is 4.10. The van der Waals surface area contributed by atoms with Crippen molar-refractivity contribution >= 4 is 0 Å². The molecule has 0 N–H and O–H groups in total. The summed E-state index contributed by atoms with van der Waals surface area (Å²) < 4.78 is 45.0. The molecular formula is C41H89F3O2. The third kappa shape index (κ3) is 45.8. The molecule has 0 aromatic rings. The molecule has 1 fully saturated rings. The van der Waals surface area contributed by atoms with Crippen LogP contribution in [0.4, 0.5) is 13.2 Å². The standard InChI is InChI=1S/C8H18O.C8H18.C7H14.C6H11F3.C6H14O.C6H14/c1-7(2)8(3,4)6-9-5;1-5-8(6-2)7(3)4;1-6(2)5-7-3-4-7;1-4(2)5(3)6(7,8)9;1-6(2)4-5-7-3;1-4-5-6(2)3/h7H,6H2,1-5H3;7-8H,5-6H2,1-4H3;6-7H,3-5H2,1-2H3;4-5H,1-3H3;6H,4-5H2,1-3H3;6H,4-5H2,1-3H3. The molecule has 0 amide bonds. The summed E-state index contributed by atoms with van der Waals surface area (Å²) in [6.07, 6.45) is 7.04. The van der Waals surface area contributed by atoms with Crippen LogP contribution in [0.2, 0.25) is 0 Å². The van der Waals surface area contributed by atoms with E-state index in [2.05, 4.69) is 104 Å². The fourth-order valence-corrected chi connectivity index (χ4v) is 4.10. The average molecular weight is 671 g/mol.